The van der Waals surface area contributed by atoms with Gasteiger partial charge in [0.15, 0.2) is 0 Å². The maximum atomic E-state index is 12.9. The second-order valence-electron chi connectivity index (χ2n) is 9.05. The van der Waals surface area contributed by atoms with Crippen LogP contribution >= 0.6 is 11.8 Å². The second kappa shape index (κ2) is 7.04. The van der Waals surface area contributed by atoms with Crippen molar-refractivity contribution in [1.29, 1.82) is 0 Å². The lowest BCUT2D eigenvalue weighted by Gasteiger charge is -2.30. The minimum atomic E-state index is -0.491. The highest BCUT2D eigenvalue weighted by atomic mass is 32.2. The molecular weight excluding hydrogens is 360 g/mol. The van der Waals surface area contributed by atoms with Crippen molar-refractivity contribution in [3.8, 4) is 0 Å². The molecule has 1 heterocycles. The van der Waals surface area contributed by atoms with Crippen LogP contribution in [-0.2, 0) is 15.1 Å². The number of thioether (sulfide) groups is 1. The Morgan fingerprint density at radius 3 is 2.26 bits per heavy atom. The molecule has 6 heteroatoms. The Morgan fingerprint density at radius 1 is 1.11 bits per heavy atom. The Kier molecular flexibility index (Phi) is 5.23. The largest absolute Gasteiger partial charge is 0.444 e. The molecule has 1 saturated carbocycles. The van der Waals surface area contributed by atoms with Gasteiger partial charge in [-0.2, -0.15) is 0 Å². The minimum absolute atomic E-state index is 0.00408. The van der Waals surface area contributed by atoms with Crippen LogP contribution in [0.3, 0.4) is 0 Å². The number of hydrogen-bond donors (Lipinski definition) is 1. The van der Waals surface area contributed by atoms with Gasteiger partial charge >= 0.3 is 6.09 Å². The van der Waals surface area contributed by atoms with E-state index in [0.29, 0.717) is 13.1 Å². The normalized spacial score (nSPS) is 24.4. The van der Waals surface area contributed by atoms with Gasteiger partial charge in [-0.15, -0.1) is 11.8 Å². The summed E-state index contributed by atoms with van der Waals surface area (Å²) in [6, 6.07) is 8.18. The quantitative estimate of drug-likeness (QED) is 0.793. The number of benzene rings is 1. The molecule has 3 atom stereocenters. The number of hydrogen-bond acceptors (Lipinski definition) is 4. The zero-order valence-corrected chi connectivity index (χ0v) is 17.9. The number of nitrogens with zero attached hydrogens (tertiary/aromatic N) is 1. The average molecular weight is 391 g/mol. The Labute approximate surface area is 166 Å². The van der Waals surface area contributed by atoms with E-state index in [0.717, 1.165) is 5.56 Å². The van der Waals surface area contributed by atoms with E-state index < -0.39 is 11.1 Å². The van der Waals surface area contributed by atoms with Gasteiger partial charge in [0.25, 0.3) is 0 Å². The maximum Gasteiger partial charge on any atom is 0.410 e. The molecule has 27 heavy (non-hydrogen) atoms. The summed E-state index contributed by atoms with van der Waals surface area (Å²) < 4.78 is 5.43. The van der Waals surface area contributed by atoms with Crippen LogP contribution in [0.4, 0.5) is 4.79 Å². The fourth-order valence-electron chi connectivity index (χ4n) is 4.01. The van der Waals surface area contributed by atoms with E-state index in [1.165, 1.54) is 4.90 Å². The van der Waals surface area contributed by atoms with Gasteiger partial charge in [0.1, 0.15) is 5.60 Å². The molecule has 1 aliphatic carbocycles. The molecule has 1 aromatic rings. The monoisotopic (exact) mass is 390 g/mol. The molecule has 0 aromatic heterocycles. The summed E-state index contributed by atoms with van der Waals surface area (Å²) in [5.74, 6) is 0.604. The Morgan fingerprint density at radius 2 is 1.70 bits per heavy atom. The van der Waals surface area contributed by atoms with Crippen molar-refractivity contribution >= 4 is 23.8 Å². The van der Waals surface area contributed by atoms with E-state index in [-0.39, 0.29) is 29.8 Å². The first-order valence-electron chi connectivity index (χ1n) is 9.47. The zero-order valence-electron chi connectivity index (χ0n) is 17.0. The SMILES string of the molecule is CSc1ccccc1C(C)(C)NC(=O)C1[C@H]2CN(C(=O)OC(C)(C)C)C[C@@H]12. The lowest BCUT2D eigenvalue weighted by atomic mass is 9.93. The number of rotatable bonds is 4. The van der Waals surface area contributed by atoms with Gasteiger partial charge in [0, 0.05) is 23.9 Å². The van der Waals surface area contributed by atoms with Crippen molar-refractivity contribution in [2.24, 2.45) is 17.8 Å². The highest BCUT2D eigenvalue weighted by Gasteiger charge is 2.61. The molecule has 0 spiro atoms. The highest BCUT2D eigenvalue weighted by molar-refractivity contribution is 7.98. The van der Waals surface area contributed by atoms with Crippen molar-refractivity contribution in [3.05, 3.63) is 29.8 Å². The molecule has 2 amide bonds. The highest BCUT2D eigenvalue weighted by Crippen LogP contribution is 2.52. The average Bonchev–Trinajstić information content (AvgIpc) is 3.07. The summed E-state index contributed by atoms with van der Waals surface area (Å²) in [4.78, 5) is 28.0. The molecule has 1 aliphatic heterocycles. The number of amides is 2. The molecule has 0 radical (unpaired) electrons. The van der Waals surface area contributed by atoms with Crippen molar-refractivity contribution < 1.29 is 14.3 Å². The molecule has 1 unspecified atom stereocenters. The lowest BCUT2D eigenvalue weighted by molar-refractivity contribution is -0.125. The summed E-state index contributed by atoms with van der Waals surface area (Å²) in [7, 11) is 0. The number of ether oxygens (including phenoxy) is 1. The Hall–Kier alpha value is -1.69. The van der Waals surface area contributed by atoms with Crippen LogP contribution in [0.5, 0.6) is 0 Å². The topological polar surface area (TPSA) is 58.6 Å². The van der Waals surface area contributed by atoms with E-state index in [1.807, 2.05) is 53.0 Å². The molecular formula is C21H30N2O3S. The van der Waals surface area contributed by atoms with Gasteiger partial charge in [-0.3, -0.25) is 4.79 Å². The van der Waals surface area contributed by atoms with E-state index in [9.17, 15) is 9.59 Å². The van der Waals surface area contributed by atoms with Crippen molar-refractivity contribution in [1.82, 2.24) is 10.2 Å². The number of carbonyl (C=O) groups is 2. The van der Waals surface area contributed by atoms with Gasteiger partial charge in [-0.25, -0.2) is 4.79 Å². The van der Waals surface area contributed by atoms with Crippen LogP contribution in [0.2, 0.25) is 0 Å². The molecule has 2 aliphatic rings. The van der Waals surface area contributed by atoms with Crippen LogP contribution in [0.15, 0.2) is 29.2 Å². The van der Waals surface area contributed by atoms with Gasteiger partial charge < -0.3 is 15.0 Å². The molecule has 3 rings (SSSR count). The van der Waals surface area contributed by atoms with Crippen LogP contribution in [0.1, 0.15) is 40.2 Å². The summed E-state index contributed by atoms with van der Waals surface area (Å²) >= 11 is 1.69. The summed E-state index contributed by atoms with van der Waals surface area (Å²) in [5.41, 5.74) is 0.209. The molecule has 1 N–H and O–H groups in total. The molecule has 0 bridgehead atoms. The van der Waals surface area contributed by atoms with Crippen LogP contribution in [0, 0.1) is 17.8 Å². The third kappa shape index (κ3) is 4.26. The Balaban J connectivity index is 1.58. The van der Waals surface area contributed by atoms with Crippen LogP contribution in [0.25, 0.3) is 0 Å². The molecule has 2 fully saturated rings. The predicted octanol–water partition coefficient (Wildman–Crippen LogP) is 3.87. The summed E-state index contributed by atoms with van der Waals surface area (Å²) in [6.07, 6.45) is 1.77. The first-order valence-corrected chi connectivity index (χ1v) is 10.7. The molecule has 1 aromatic carbocycles. The van der Waals surface area contributed by atoms with E-state index in [2.05, 4.69) is 17.4 Å². The minimum Gasteiger partial charge on any atom is -0.444 e. The Bertz CT molecular complexity index is 729. The van der Waals surface area contributed by atoms with E-state index >= 15 is 0 Å². The standard InChI is InChI=1S/C21H30N2O3S/c1-20(2,3)26-19(25)23-11-13-14(12-23)17(13)18(24)22-21(4,5)15-9-7-8-10-16(15)27-6/h7-10,13-14,17H,11-12H2,1-6H3,(H,22,24)/t13-,14+,17?. The number of carbonyl (C=O) groups excluding carboxylic acids is 2. The smallest absolute Gasteiger partial charge is 0.410 e. The maximum absolute atomic E-state index is 12.9. The predicted molar refractivity (Wildman–Crippen MR) is 108 cm³/mol. The van der Waals surface area contributed by atoms with E-state index in [4.69, 9.17) is 4.74 Å². The second-order valence-corrected chi connectivity index (χ2v) is 9.90. The van der Waals surface area contributed by atoms with E-state index in [1.54, 1.807) is 16.7 Å². The first kappa shape index (κ1) is 20.1. The molecule has 148 valence electrons. The van der Waals surface area contributed by atoms with Crippen LogP contribution in [-0.4, -0.2) is 41.8 Å². The van der Waals surface area contributed by atoms with Crippen molar-refractivity contribution in [3.63, 3.8) is 0 Å². The molecule has 5 nitrogen and oxygen atoms in total. The van der Waals surface area contributed by atoms with Gasteiger partial charge in [-0.1, -0.05) is 18.2 Å². The third-order valence-corrected chi connectivity index (χ3v) is 6.16. The number of fused-ring (bicyclic) bond motifs is 1. The van der Waals surface area contributed by atoms with Crippen LogP contribution < -0.4 is 5.32 Å². The fraction of sp³-hybridized carbons (Fsp3) is 0.619. The van der Waals surface area contributed by atoms with Gasteiger partial charge in [0.2, 0.25) is 5.91 Å². The number of piperidine rings is 1. The summed E-state index contributed by atoms with van der Waals surface area (Å²) in [6.45, 7) is 10.9. The van der Waals surface area contributed by atoms with Crippen molar-refractivity contribution in [2.75, 3.05) is 19.3 Å². The first-order chi connectivity index (χ1) is 12.5. The number of likely N-dealkylation sites (tertiary alicyclic amines) is 1. The molecule has 1 saturated heterocycles. The van der Waals surface area contributed by atoms with Gasteiger partial charge in [0.05, 0.1) is 5.54 Å². The fourth-order valence-corrected chi connectivity index (χ4v) is 4.77. The lowest BCUT2D eigenvalue weighted by Crippen LogP contribution is -2.44. The van der Waals surface area contributed by atoms with Gasteiger partial charge in [-0.05, 0) is 64.3 Å². The summed E-state index contributed by atoms with van der Waals surface area (Å²) in [5, 5.41) is 3.23. The third-order valence-electron chi connectivity index (χ3n) is 5.36. The zero-order chi connectivity index (χ0) is 20.0. The number of nitrogens with one attached hydrogen (secondary N) is 1. The van der Waals surface area contributed by atoms with Crippen molar-refractivity contribution in [2.45, 2.75) is 50.7 Å².